The van der Waals surface area contributed by atoms with Crippen LogP contribution < -0.4 is 0 Å². The lowest BCUT2D eigenvalue weighted by atomic mass is 10.1. The van der Waals surface area contributed by atoms with Crippen molar-refractivity contribution in [2.75, 3.05) is 0 Å². The van der Waals surface area contributed by atoms with E-state index in [-0.39, 0.29) is 0 Å². The smallest absolute Gasteiger partial charge is 0.191 e. The van der Waals surface area contributed by atoms with Crippen LogP contribution in [-0.4, -0.2) is 19.7 Å². The average molecular weight is 461 g/mol. The van der Waals surface area contributed by atoms with Crippen molar-refractivity contribution in [1.29, 1.82) is 0 Å². The summed E-state index contributed by atoms with van der Waals surface area (Å²) >= 11 is 15.7. The fourth-order valence-corrected chi connectivity index (χ4v) is 5.28. The molecule has 8 heteroatoms. The Morgan fingerprint density at radius 2 is 1.97 bits per heavy atom. The first-order valence-electron chi connectivity index (χ1n) is 9.08. The van der Waals surface area contributed by atoms with Gasteiger partial charge in [0, 0.05) is 33.8 Å². The van der Waals surface area contributed by atoms with E-state index in [1.54, 1.807) is 29.2 Å². The number of hydrogen-bond acceptors (Lipinski definition) is 5. The summed E-state index contributed by atoms with van der Waals surface area (Å²) in [5.41, 5.74) is 4.25. The standard InChI is InChI=1S/C21H18Cl2N4S2/c1-3-27-19(17-8-7-15(22)10-18(17)23)25-26-21(27)29-12-16-11-28-20(24-16)14-6-4-5-13(2)9-14/h4-11H,3,12H2,1-2H3. The summed E-state index contributed by atoms with van der Waals surface area (Å²) < 4.78 is 2.06. The van der Waals surface area contributed by atoms with Crippen LogP contribution >= 0.6 is 46.3 Å². The highest BCUT2D eigenvalue weighted by Crippen LogP contribution is 2.33. The number of thiazole rings is 1. The van der Waals surface area contributed by atoms with Gasteiger partial charge in [-0.15, -0.1) is 21.5 Å². The molecule has 4 aromatic rings. The van der Waals surface area contributed by atoms with Crippen LogP contribution in [0.4, 0.5) is 0 Å². The summed E-state index contributed by atoms with van der Waals surface area (Å²) in [5, 5.41) is 13.9. The molecule has 0 amide bonds. The van der Waals surface area contributed by atoms with Crippen LogP contribution in [0.5, 0.6) is 0 Å². The van der Waals surface area contributed by atoms with Crippen LogP contribution in [-0.2, 0) is 12.3 Å². The van der Waals surface area contributed by atoms with Crippen molar-refractivity contribution < 1.29 is 0 Å². The highest BCUT2D eigenvalue weighted by molar-refractivity contribution is 7.98. The van der Waals surface area contributed by atoms with Gasteiger partial charge in [-0.05, 0) is 38.1 Å². The number of rotatable bonds is 6. The second-order valence-corrected chi connectivity index (χ2v) is 9.12. The highest BCUT2D eigenvalue weighted by Gasteiger charge is 2.16. The zero-order valence-electron chi connectivity index (χ0n) is 15.9. The first-order chi connectivity index (χ1) is 14.0. The number of aromatic nitrogens is 4. The summed E-state index contributed by atoms with van der Waals surface area (Å²) in [6.07, 6.45) is 0. The third-order valence-corrected chi connectivity index (χ3v) is 6.86. The van der Waals surface area contributed by atoms with Crippen LogP contribution in [0.15, 0.2) is 53.0 Å². The number of halogens is 2. The Hall–Kier alpha value is -1.86. The fourth-order valence-electron chi connectivity index (χ4n) is 2.97. The van der Waals surface area contributed by atoms with Gasteiger partial charge in [0.1, 0.15) is 5.01 Å². The Bertz CT molecular complexity index is 1150. The molecule has 0 radical (unpaired) electrons. The van der Waals surface area contributed by atoms with Gasteiger partial charge in [0.2, 0.25) is 0 Å². The van der Waals surface area contributed by atoms with Crippen LogP contribution in [0.1, 0.15) is 18.2 Å². The Morgan fingerprint density at radius 3 is 2.72 bits per heavy atom. The first kappa shape index (κ1) is 20.4. The topological polar surface area (TPSA) is 43.6 Å². The van der Waals surface area contributed by atoms with E-state index in [1.165, 1.54) is 5.56 Å². The van der Waals surface area contributed by atoms with Crippen LogP contribution in [0, 0.1) is 6.92 Å². The molecule has 0 unspecified atom stereocenters. The van der Waals surface area contributed by atoms with Crippen molar-refractivity contribution >= 4 is 46.3 Å². The third-order valence-electron chi connectivity index (χ3n) is 4.37. The minimum Gasteiger partial charge on any atom is -0.302 e. The summed E-state index contributed by atoms with van der Waals surface area (Å²) in [6, 6.07) is 13.8. The largest absolute Gasteiger partial charge is 0.302 e. The van der Waals surface area contributed by atoms with E-state index < -0.39 is 0 Å². The van der Waals surface area contributed by atoms with E-state index in [2.05, 4.69) is 58.3 Å². The molecule has 29 heavy (non-hydrogen) atoms. The number of thioether (sulfide) groups is 1. The van der Waals surface area contributed by atoms with E-state index in [0.29, 0.717) is 10.0 Å². The Morgan fingerprint density at radius 1 is 1.10 bits per heavy atom. The molecule has 2 heterocycles. The SMILES string of the molecule is CCn1c(SCc2csc(-c3cccc(C)c3)n2)nnc1-c1ccc(Cl)cc1Cl. The molecule has 2 aromatic heterocycles. The van der Waals surface area contributed by atoms with Gasteiger partial charge in [-0.1, -0.05) is 58.7 Å². The predicted octanol–water partition coefficient (Wildman–Crippen LogP) is 7.00. The Balaban J connectivity index is 1.53. The monoisotopic (exact) mass is 460 g/mol. The fraction of sp³-hybridized carbons (Fsp3) is 0.190. The molecule has 0 aliphatic rings. The lowest BCUT2D eigenvalue weighted by Crippen LogP contribution is -2.00. The maximum Gasteiger partial charge on any atom is 0.191 e. The second kappa shape index (κ2) is 8.88. The first-order valence-corrected chi connectivity index (χ1v) is 11.7. The molecular formula is C21H18Cl2N4S2. The van der Waals surface area contributed by atoms with Crippen molar-refractivity contribution in [1.82, 2.24) is 19.7 Å². The zero-order chi connectivity index (χ0) is 20.4. The summed E-state index contributed by atoms with van der Waals surface area (Å²) in [6.45, 7) is 4.91. The molecule has 2 aromatic carbocycles. The number of hydrogen-bond donors (Lipinski definition) is 0. The quantitative estimate of drug-likeness (QED) is 0.290. The molecule has 4 nitrogen and oxygen atoms in total. The summed E-state index contributed by atoms with van der Waals surface area (Å²) in [4.78, 5) is 4.79. The van der Waals surface area contributed by atoms with E-state index >= 15 is 0 Å². The van der Waals surface area contributed by atoms with Gasteiger partial charge >= 0.3 is 0 Å². The van der Waals surface area contributed by atoms with Gasteiger partial charge in [0.15, 0.2) is 11.0 Å². The molecule has 0 N–H and O–H groups in total. The lowest BCUT2D eigenvalue weighted by Gasteiger charge is -2.08. The van der Waals surface area contributed by atoms with Crippen molar-refractivity contribution in [2.45, 2.75) is 31.3 Å². The van der Waals surface area contributed by atoms with Gasteiger partial charge in [-0.25, -0.2) is 4.98 Å². The summed E-state index contributed by atoms with van der Waals surface area (Å²) in [7, 11) is 0. The lowest BCUT2D eigenvalue weighted by molar-refractivity contribution is 0.687. The molecule has 0 aliphatic carbocycles. The molecular weight excluding hydrogens is 443 g/mol. The molecule has 0 saturated heterocycles. The molecule has 0 atom stereocenters. The van der Waals surface area contributed by atoms with Gasteiger partial charge in [-0.3, -0.25) is 0 Å². The van der Waals surface area contributed by atoms with E-state index in [9.17, 15) is 0 Å². The number of nitrogens with zero attached hydrogens (tertiary/aromatic N) is 4. The predicted molar refractivity (Wildman–Crippen MR) is 123 cm³/mol. The van der Waals surface area contributed by atoms with Gasteiger partial charge in [0.05, 0.1) is 10.7 Å². The van der Waals surface area contributed by atoms with Crippen molar-refractivity contribution in [2.24, 2.45) is 0 Å². The van der Waals surface area contributed by atoms with Crippen molar-refractivity contribution in [3.05, 3.63) is 69.1 Å². The molecule has 0 spiro atoms. The van der Waals surface area contributed by atoms with Crippen LogP contribution in [0.25, 0.3) is 22.0 Å². The van der Waals surface area contributed by atoms with Crippen molar-refractivity contribution in [3.63, 3.8) is 0 Å². The molecule has 0 bridgehead atoms. The minimum atomic E-state index is 0.568. The number of benzene rings is 2. The Labute approximate surface area is 187 Å². The van der Waals surface area contributed by atoms with Crippen molar-refractivity contribution in [3.8, 4) is 22.0 Å². The maximum absolute atomic E-state index is 6.37. The molecule has 4 rings (SSSR count). The Kier molecular flexibility index (Phi) is 6.25. The molecule has 148 valence electrons. The van der Waals surface area contributed by atoms with E-state index in [4.69, 9.17) is 28.2 Å². The van der Waals surface area contributed by atoms with Gasteiger partial charge in [-0.2, -0.15) is 0 Å². The highest BCUT2D eigenvalue weighted by atomic mass is 35.5. The molecule has 0 saturated carbocycles. The number of aryl methyl sites for hydroxylation is 1. The van der Waals surface area contributed by atoms with Gasteiger partial charge in [0.25, 0.3) is 0 Å². The minimum absolute atomic E-state index is 0.568. The second-order valence-electron chi connectivity index (χ2n) is 6.48. The van der Waals surface area contributed by atoms with Crippen LogP contribution in [0.2, 0.25) is 10.0 Å². The molecule has 0 aliphatic heterocycles. The normalized spacial score (nSPS) is 11.2. The third kappa shape index (κ3) is 4.51. The van der Waals surface area contributed by atoms with Crippen LogP contribution in [0.3, 0.4) is 0 Å². The van der Waals surface area contributed by atoms with Gasteiger partial charge < -0.3 is 4.57 Å². The maximum atomic E-state index is 6.37. The molecule has 0 fully saturated rings. The zero-order valence-corrected chi connectivity index (χ0v) is 19.0. The van der Waals surface area contributed by atoms with E-state index in [0.717, 1.165) is 45.1 Å². The van der Waals surface area contributed by atoms with E-state index in [1.807, 2.05) is 12.1 Å². The summed E-state index contributed by atoms with van der Waals surface area (Å²) in [5.74, 6) is 1.48. The average Bonchev–Trinajstić information content (AvgIpc) is 3.33.